The van der Waals surface area contributed by atoms with Crippen LogP contribution in [0.3, 0.4) is 0 Å². The number of ether oxygens (including phenoxy) is 1. The van der Waals surface area contributed by atoms with Crippen LogP contribution in [0.4, 0.5) is 11.4 Å². The second kappa shape index (κ2) is 9.28. The Labute approximate surface area is 200 Å². The normalized spacial score (nSPS) is 13.7. The van der Waals surface area contributed by atoms with Gasteiger partial charge in [0.1, 0.15) is 16.4 Å². The van der Waals surface area contributed by atoms with E-state index in [0.29, 0.717) is 32.1 Å². The molecule has 0 radical (unpaired) electrons. The van der Waals surface area contributed by atoms with Crippen molar-refractivity contribution in [3.8, 4) is 5.75 Å². The summed E-state index contributed by atoms with van der Waals surface area (Å²) in [5, 5.41) is 4.25. The lowest BCUT2D eigenvalue weighted by Crippen LogP contribution is -2.32. The van der Waals surface area contributed by atoms with E-state index in [1.165, 1.54) is 16.7 Å². The monoisotopic (exact) mass is 484 g/mol. The van der Waals surface area contributed by atoms with Crippen LogP contribution >= 0.6 is 35.0 Å². The molecule has 5 nitrogen and oxygen atoms in total. The lowest BCUT2D eigenvalue weighted by Gasteiger charge is -2.18. The minimum absolute atomic E-state index is 0.203. The van der Waals surface area contributed by atoms with E-state index in [0.717, 1.165) is 10.5 Å². The van der Waals surface area contributed by atoms with Crippen LogP contribution in [0.15, 0.2) is 82.2 Å². The van der Waals surface area contributed by atoms with Gasteiger partial charge in [-0.05, 0) is 79.2 Å². The average molecular weight is 485 g/mol. The Morgan fingerprint density at radius 1 is 0.875 bits per heavy atom. The number of thioether (sulfide) groups is 1. The fourth-order valence-corrected chi connectivity index (χ4v) is 4.52. The second-order valence-corrected chi connectivity index (χ2v) is 8.95. The number of methoxy groups -OCH3 is 1. The number of halogens is 2. The van der Waals surface area contributed by atoms with Crippen LogP contribution in [-0.4, -0.2) is 18.9 Å². The lowest BCUT2D eigenvalue weighted by atomic mass is 10.2. The van der Waals surface area contributed by atoms with Crippen LogP contribution in [0, 0.1) is 6.92 Å². The second-order valence-electron chi connectivity index (χ2n) is 6.99. The minimum atomic E-state index is -0.437. The average Bonchev–Trinajstić information content (AvgIpc) is 3.00. The first-order valence-corrected chi connectivity index (χ1v) is 11.2. The SMILES string of the molecule is COc1ccc(NC2=C(Sc3ccc(Cl)cc3)C(=O)N(c3ccc(Cl)cc3C)C2=O)cc1. The summed E-state index contributed by atoms with van der Waals surface area (Å²) in [6.07, 6.45) is 0. The van der Waals surface area contributed by atoms with E-state index in [9.17, 15) is 9.59 Å². The number of hydrogen-bond acceptors (Lipinski definition) is 5. The van der Waals surface area contributed by atoms with Crippen molar-refractivity contribution >= 4 is 58.2 Å². The number of aryl methyl sites for hydroxylation is 1. The van der Waals surface area contributed by atoms with Crippen molar-refractivity contribution in [1.82, 2.24) is 0 Å². The van der Waals surface area contributed by atoms with Gasteiger partial charge in [-0.15, -0.1) is 0 Å². The molecule has 2 amide bonds. The van der Waals surface area contributed by atoms with Gasteiger partial charge < -0.3 is 10.1 Å². The molecule has 3 aromatic carbocycles. The molecule has 0 fully saturated rings. The highest BCUT2D eigenvalue weighted by Crippen LogP contribution is 2.39. The standard InChI is InChI=1S/C24H18Cl2N2O3S/c1-14-13-16(26)5-12-20(14)28-23(29)21(27-17-6-8-18(31-2)9-7-17)22(24(28)30)32-19-10-3-15(25)4-11-19/h3-13,27H,1-2H3. The fourth-order valence-electron chi connectivity index (χ4n) is 3.24. The summed E-state index contributed by atoms with van der Waals surface area (Å²) in [5.41, 5.74) is 2.08. The molecule has 1 N–H and O–H groups in total. The van der Waals surface area contributed by atoms with Gasteiger partial charge in [0, 0.05) is 20.6 Å². The van der Waals surface area contributed by atoms with Crippen molar-refractivity contribution < 1.29 is 14.3 Å². The fraction of sp³-hybridized carbons (Fsp3) is 0.0833. The van der Waals surface area contributed by atoms with E-state index in [1.807, 2.05) is 6.92 Å². The number of hydrogen-bond donors (Lipinski definition) is 1. The number of benzene rings is 3. The molecule has 1 aliphatic rings. The summed E-state index contributed by atoms with van der Waals surface area (Å²) >= 11 is 13.3. The smallest absolute Gasteiger partial charge is 0.283 e. The molecule has 8 heteroatoms. The van der Waals surface area contributed by atoms with Crippen molar-refractivity contribution in [2.45, 2.75) is 11.8 Å². The molecule has 162 valence electrons. The van der Waals surface area contributed by atoms with Gasteiger partial charge in [0.15, 0.2) is 0 Å². The molecule has 0 unspecified atom stereocenters. The topological polar surface area (TPSA) is 58.6 Å². The molecule has 0 bridgehead atoms. The molecule has 0 aromatic heterocycles. The van der Waals surface area contributed by atoms with E-state index in [-0.39, 0.29) is 5.70 Å². The lowest BCUT2D eigenvalue weighted by molar-refractivity contribution is -0.120. The van der Waals surface area contributed by atoms with Crippen LogP contribution in [0.1, 0.15) is 5.56 Å². The first kappa shape index (κ1) is 22.3. The van der Waals surface area contributed by atoms with Crippen LogP contribution in [0.5, 0.6) is 5.75 Å². The van der Waals surface area contributed by atoms with E-state index in [1.54, 1.807) is 73.8 Å². The van der Waals surface area contributed by atoms with Crippen LogP contribution in [0.2, 0.25) is 10.0 Å². The Balaban J connectivity index is 1.74. The predicted octanol–water partition coefficient (Wildman–Crippen LogP) is 6.30. The van der Waals surface area contributed by atoms with E-state index >= 15 is 0 Å². The van der Waals surface area contributed by atoms with Crippen molar-refractivity contribution in [1.29, 1.82) is 0 Å². The molecule has 0 aliphatic carbocycles. The molecular weight excluding hydrogens is 467 g/mol. The highest BCUT2D eigenvalue weighted by molar-refractivity contribution is 8.04. The first-order chi connectivity index (χ1) is 15.4. The van der Waals surface area contributed by atoms with E-state index in [2.05, 4.69) is 5.32 Å². The first-order valence-electron chi connectivity index (χ1n) is 9.61. The summed E-state index contributed by atoms with van der Waals surface area (Å²) in [6.45, 7) is 1.81. The van der Waals surface area contributed by atoms with E-state index < -0.39 is 11.8 Å². The van der Waals surface area contributed by atoms with Gasteiger partial charge in [-0.1, -0.05) is 35.0 Å². The van der Waals surface area contributed by atoms with Crippen LogP contribution in [-0.2, 0) is 9.59 Å². The summed E-state index contributed by atoms with van der Waals surface area (Å²) < 4.78 is 5.19. The molecule has 1 heterocycles. The zero-order valence-electron chi connectivity index (χ0n) is 17.2. The molecule has 0 atom stereocenters. The zero-order valence-corrected chi connectivity index (χ0v) is 19.5. The number of nitrogens with zero attached hydrogens (tertiary/aromatic N) is 1. The number of anilines is 2. The number of nitrogens with one attached hydrogen (secondary N) is 1. The molecule has 32 heavy (non-hydrogen) atoms. The van der Waals surface area contributed by atoms with Gasteiger partial charge in [0.05, 0.1) is 12.8 Å². The highest BCUT2D eigenvalue weighted by atomic mass is 35.5. The van der Waals surface area contributed by atoms with Gasteiger partial charge in [0.25, 0.3) is 11.8 Å². The maximum absolute atomic E-state index is 13.4. The van der Waals surface area contributed by atoms with Crippen LogP contribution in [0.25, 0.3) is 0 Å². The zero-order chi connectivity index (χ0) is 22.8. The largest absolute Gasteiger partial charge is 0.497 e. The molecule has 1 aliphatic heterocycles. The van der Waals surface area contributed by atoms with Gasteiger partial charge in [0.2, 0.25) is 0 Å². The Hall–Kier alpha value is -2.93. The third-order valence-electron chi connectivity index (χ3n) is 4.83. The Kier molecular flexibility index (Phi) is 6.46. The minimum Gasteiger partial charge on any atom is -0.497 e. The maximum Gasteiger partial charge on any atom is 0.283 e. The third kappa shape index (κ3) is 4.48. The Morgan fingerprint density at radius 3 is 2.16 bits per heavy atom. The van der Waals surface area contributed by atoms with Crippen molar-refractivity contribution in [3.05, 3.63) is 92.9 Å². The summed E-state index contributed by atoms with van der Waals surface area (Å²) in [5.74, 6) is -0.156. The molecule has 0 spiro atoms. The van der Waals surface area contributed by atoms with Gasteiger partial charge in [-0.25, -0.2) is 4.90 Å². The Morgan fingerprint density at radius 2 is 1.53 bits per heavy atom. The number of carbonyl (C=O) groups excluding carboxylic acids is 2. The highest BCUT2D eigenvalue weighted by Gasteiger charge is 2.40. The van der Waals surface area contributed by atoms with Crippen molar-refractivity contribution in [2.24, 2.45) is 0 Å². The third-order valence-corrected chi connectivity index (χ3v) is 6.41. The van der Waals surface area contributed by atoms with Gasteiger partial charge in [-0.2, -0.15) is 0 Å². The molecule has 4 rings (SSSR count). The summed E-state index contributed by atoms with van der Waals surface area (Å²) in [6, 6.07) is 19.3. The number of amides is 2. The van der Waals surface area contributed by atoms with Crippen molar-refractivity contribution in [3.63, 3.8) is 0 Å². The predicted molar refractivity (Wildman–Crippen MR) is 130 cm³/mol. The van der Waals surface area contributed by atoms with E-state index in [4.69, 9.17) is 27.9 Å². The number of rotatable bonds is 6. The molecule has 0 saturated carbocycles. The maximum atomic E-state index is 13.4. The number of imide groups is 1. The van der Waals surface area contributed by atoms with Crippen LogP contribution < -0.4 is 15.0 Å². The molecular formula is C24H18Cl2N2O3S. The number of carbonyl (C=O) groups is 2. The quantitative estimate of drug-likeness (QED) is 0.416. The Bertz CT molecular complexity index is 1220. The van der Waals surface area contributed by atoms with Crippen molar-refractivity contribution in [2.75, 3.05) is 17.3 Å². The summed E-state index contributed by atoms with van der Waals surface area (Å²) in [4.78, 5) is 29.1. The summed E-state index contributed by atoms with van der Waals surface area (Å²) in [7, 11) is 1.58. The van der Waals surface area contributed by atoms with Gasteiger partial charge in [-0.3, -0.25) is 9.59 Å². The van der Waals surface area contributed by atoms with Gasteiger partial charge >= 0.3 is 0 Å². The molecule has 3 aromatic rings. The molecule has 0 saturated heterocycles.